The molecule has 0 N–H and O–H groups in total. The van der Waals surface area contributed by atoms with Gasteiger partial charge < -0.3 is 0 Å². The van der Waals surface area contributed by atoms with Gasteiger partial charge in [0, 0.05) is 13.8 Å². The number of hydrogen-bond donors (Lipinski definition) is 0. The molecule has 0 unspecified atom stereocenters. The van der Waals surface area contributed by atoms with E-state index in [1.54, 1.807) is 12.1 Å². The maximum atomic E-state index is 12.9. The van der Waals surface area contributed by atoms with Gasteiger partial charge >= 0.3 is 0 Å². The molecule has 11 heavy (non-hydrogen) atoms. The maximum absolute atomic E-state index is 12.9. The van der Waals surface area contributed by atoms with Crippen LogP contribution in [0.2, 0.25) is 6.04 Å². The Hall–Kier alpha value is 0.0969. The van der Waals surface area contributed by atoms with Crippen molar-refractivity contribution in [3.05, 3.63) is 33.1 Å². The molecule has 0 spiro atoms. The van der Waals surface area contributed by atoms with Crippen molar-refractivity contribution in [2.24, 2.45) is 0 Å². The monoisotopic (exact) mass is 277 g/mol. The maximum Gasteiger partial charge on any atom is 0.136 e. The molecule has 57 valence electrons. The molecule has 0 heterocycles. The van der Waals surface area contributed by atoms with Gasteiger partial charge in [0.25, 0.3) is 0 Å². The molecule has 0 aliphatic carbocycles. The lowest BCUT2D eigenvalue weighted by Crippen LogP contribution is -1.87. The normalized spacial score (nSPS) is 10.1. The SMILES string of the molecule is Fc1cc(CC[Si])ccc1I. The molecule has 0 saturated carbocycles. The molecule has 0 aliphatic heterocycles. The lowest BCUT2D eigenvalue weighted by molar-refractivity contribution is 0.618. The minimum atomic E-state index is -0.122. The van der Waals surface area contributed by atoms with Crippen LogP contribution in [-0.4, -0.2) is 10.2 Å². The molecule has 0 atom stereocenters. The van der Waals surface area contributed by atoms with Crippen LogP contribution >= 0.6 is 22.6 Å². The first-order valence-electron chi connectivity index (χ1n) is 3.32. The Morgan fingerprint density at radius 1 is 1.45 bits per heavy atom. The van der Waals surface area contributed by atoms with Gasteiger partial charge in [0.05, 0.1) is 0 Å². The van der Waals surface area contributed by atoms with Crippen LogP contribution in [0.25, 0.3) is 0 Å². The molecular weight excluding hydrogens is 270 g/mol. The smallest absolute Gasteiger partial charge is 0.136 e. The Balaban J connectivity index is 2.86. The largest absolute Gasteiger partial charge is 0.206 e. The third kappa shape index (κ3) is 2.55. The Bertz CT molecular complexity index is 250. The quantitative estimate of drug-likeness (QED) is 0.575. The highest BCUT2D eigenvalue weighted by Crippen LogP contribution is 2.13. The summed E-state index contributed by atoms with van der Waals surface area (Å²) in [4.78, 5) is 0. The Morgan fingerprint density at radius 2 is 2.18 bits per heavy atom. The summed E-state index contributed by atoms with van der Waals surface area (Å²) in [6, 6.07) is 6.21. The average Bonchev–Trinajstić information content (AvgIpc) is 1.98. The summed E-state index contributed by atoms with van der Waals surface area (Å²) in [5.74, 6) is -0.122. The van der Waals surface area contributed by atoms with Crippen LogP contribution in [0.15, 0.2) is 18.2 Å². The van der Waals surface area contributed by atoms with Crippen LogP contribution < -0.4 is 0 Å². The van der Waals surface area contributed by atoms with Gasteiger partial charge in [-0.3, -0.25) is 0 Å². The van der Waals surface area contributed by atoms with E-state index in [-0.39, 0.29) is 5.82 Å². The molecule has 1 rings (SSSR count). The summed E-state index contributed by atoms with van der Waals surface area (Å²) in [5, 5.41) is 0. The highest BCUT2D eigenvalue weighted by atomic mass is 127. The van der Waals surface area contributed by atoms with Crippen LogP contribution in [0.4, 0.5) is 4.39 Å². The van der Waals surface area contributed by atoms with E-state index >= 15 is 0 Å². The second-order valence-electron chi connectivity index (χ2n) is 2.25. The number of benzene rings is 1. The Kier molecular flexibility index (Phi) is 3.51. The van der Waals surface area contributed by atoms with Gasteiger partial charge in [-0.1, -0.05) is 12.1 Å². The summed E-state index contributed by atoms with van der Waals surface area (Å²) in [5.41, 5.74) is 1.04. The predicted molar refractivity (Wildman–Crippen MR) is 53.4 cm³/mol. The first-order valence-corrected chi connectivity index (χ1v) is 5.11. The van der Waals surface area contributed by atoms with Gasteiger partial charge in [0.15, 0.2) is 0 Å². The van der Waals surface area contributed by atoms with Crippen molar-refractivity contribution in [1.29, 1.82) is 0 Å². The summed E-state index contributed by atoms with van der Waals surface area (Å²) in [7, 11) is 3.35. The van der Waals surface area contributed by atoms with Crippen LogP contribution in [-0.2, 0) is 6.42 Å². The molecule has 0 aliphatic rings. The van der Waals surface area contributed by atoms with E-state index < -0.39 is 0 Å². The first kappa shape index (κ1) is 9.19. The van der Waals surface area contributed by atoms with Gasteiger partial charge in [-0.05, 0) is 46.7 Å². The Morgan fingerprint density at radius 3 is 2.73 bits per heavy atom. The van der Waals surface area contributed by atoms with Crippen molar-refractivity contribution in [3.63, 3.8) is 0 Å². The molecule has 0 saturated heterocycles. The van der Waals surface area contributed by atoms with Crippen LogP contribution in [0.1, 0.15) is 5.56 Å². The molecule has 0 bridgehead atoms. The zero-order chi connectivity index (χ0) is 8.27. The van der Waals surface area contributed by atoms with Gasteiger partial charge in [0.2, 0.25) is 0 Å². The van der Waals surface area contributed by atoms with Crippen molar-refractivity contribution < 1.29 is 4.39 Å². The van der Waals surface area contributed by atoms with E-state index in [1.807, 2.05) is 28.7 Å². The molecule has 3 radical (unpaired) electrons. The van der Waals surface area contributed by atoms with Gasteiger partial charge in [0.1, 0.15) is 5.82 Å². The third-order valence-corrected chi connectivity index (χ3v) is 2.52. The van der Waals surface area contributed by atoms with E-state index in [1.165, 1.54) is 0 Å². The summed E-state index contributed by atoms with van der Waals surface area (Å²) in [6.07, 6.45) is 0.880. The zero-order valence-corrected chi connectivity index (χ0v) is 9.06. The second-order valence-corrected chi connectivity index (χ2v) is 3.91. The van der Waals surface area contributed by atoms with Gasteiger partial charge in [-0.15, -0.1) is 0 Å². The van der Waals surface area contributed by atoms with E-state index in [9.17, 15) is 4.39 Å². The average molecular weight is 277 g/mol. The number of halogens is 2. The van der Waals surface area contributed by atoms with E-state index in [2.05, 4.69) is 10.2 Å². The van der Waals surface area contributed by atoms with E-state index in [4.69, 9.17) is 0 Å². The van der Waals surface area contributed by atoms with Crippen molar-refractivity contribution in [2.45, 2.75) is 12.5 Å². The highest BCUT2D eigenvalue weighted by Gasteiger charge is 1.98. The number of hydrogen-bond acceptors (Lipinski definition) is 0. The van der Waals surface area contributed by atoms with Crippen molar-refractivity contribution >= 4 is 32.8 Å². The fraction of sp³-hybridized carbons (Fsp3) is 0.250. The molecule has 1 aromatic carbocycles. The molecule has 0 amide bonds. The minimum absolute atomic E-state index is 0.122. The molecule has 1 aromatic rings. The van der Waals surface area contributed by atoms with Crippen molar-refractivity contribution in [2.75, 3.05) is 0 Å². The molecular formula is C8H7FISi. The third-order valence-electron chi connectivity index (χ3n) is 1.40. The predicted octanol–water partition coefficient (Wildman–Crippen LogP) is 2.56. The standard InChI is InChI=1S/C8H7FISi/c9-7-5-6(3-4-11)1-2-8(7)10/h1-2,5H,3-4H2. The summed E-state index contributed by atoms with van der Waals surface area (Å²) < 4.78 is 13.6. The molecule has 0 fully saturated rings. The van der Waals surface area contributed by atoms with E-state index in [0.717, 1.165) is 18.0 Å². The fourth-order valence-corrected chi connectivity index (χ4v) is 1.46. The molecule has 0 nitrogen and oxygen atoms in total. The van der Waals surface area contributed by atoms with Crippen molar-refractivity contribution in [3.8, 4) is 0 Å². The zero-order valence-electron chi connectivity index (χ0n) is 5.90. The minimum Gasteiger partial charge on any atom is -0.206 e. The van der Waals surface area contributed by atoms with Crippen LogP contribution in [0.5, 0.6) is 0 Å². The van der Waals surface area contributed by atoms with Crippen LogP contribution in [0.3, 0.4) is 0 Å². The van der Waals surface area contributed by atoms with Gasteiger partial charge in [-0.25, -0.2) is 4.39 Å². The first-order chi connectivity index (χ1) is 5.24. The van der Waals surface area contributed by atoms with E-state index in [0.29, 0.717) is 3.57 Å². The van der Waals surface area contributed by atoms with Crippen molar-refractivity contribution in [1.82, 2.24) is 0 Å². The summed E-state index contributed by atoms with van der Waals surface area (Å²) in [6.45, 7) is 0. The lowest BCUT2D eigenvalue weighted by Gasteiger charge is -1.99. The highest BCUT2D eigenvalue weighted by molar-refractivity contribution is 14.1. The lowest BCUT2D eigenvalue weighted by atomic mass is 10.2. The molecule has 3 heteroatoms. The fourth-order valence-electron chi connectivity index (χ4n) is 0.839. The number of rotatable bonds is 2. The van der Waals surface area contributed by atoms with Crippen LogP contribution in [0, 0.1) is 9.39 Å². The second kappa shape index (κ2) is 4.20. The van der Waals surface area contributed by atoms with Gasteiger partial charge in [-0.2, -0.15) is 0 Å². The Labute approximate surface area is 82.8 Å². The molecule has 0 aromatic heterocycles. The number of aryl methyl sites for hydroxylation is 1. The topological polar surface area (TPSA) is 0 Å². The summed E-state index contributed by atoms with van der Waals surface area (Å²) >= 11 is 1.98.